The van der Waals surface area contributed by atoms with Crippen LogP contribution in [0.2, 0.25) is 5.02 Å². The number of hydrogen-bond acceptors (Lipinski definition) is 3. The van der Waals surface area contributed by atoms with E-state index in [4.69, 9.17) is 11.6 Å². The van der Waals surface area contributed by atoms with E-state index in [1.165, 1.54) is 40.9 Å². The fourth-order valence-corrected chi connectivity index (χ4v) is 10.7. The Kier molecular flexibility index (Phi) is 7.23. The summed E-state index contributed by atoms with van der Waals surface area (Å²) in [6.45, 7) is 14.6. The highest BCUT2D eigenvalue weighted by Gasteiger charge is 2.63. The molecule has 0 radical (unpaired) electrons. The maximum Gasteiger partial charge on any atom is 0.270 e. The topological polar surface area (TPSA) is 64.7 Å². The Morgan fingerprint density at radius 3 is 2.07 bits per heavy atom. The zero-order valence-corrected chi connectivity index (χ0v) is 27.0. The molecule has 4 aromatic rings. The van der Waals surface area contributed by atoms with Gasteiger partial charge in [0.15, 0.2) is 0 Å². The van der Waals surface area contributed by atoms with Gasteiger partial charge in [-0.25, -0.2) is 4.68 Å². The molecule has 4 bridgehead atoms. The van der Waals surface area contributed by atoms with Gasteiger partial charge in [-0.1, -0.05) is 68.0 Å². The van der Waals surface area contributed by atoms with Gasteiger partial charge < -0.3 is 0 Å². The molecule has 234 valence electrons. The van der Waals surface area contributed by atoms with Crippen LogP contribution < -0.4 is 11.1 Å². The summed E-state index contributed by atoms with van der Waals surface area (Å²) in [6, 6.07) is 6.00. The molecular formula is C35H49ClN4O2S. The van der Waals surface area contributed by atoms with Gasteiger partial charge >= 0.3 is 0 Å². The van der Waals surface area contributed by atoms with Gasteiger partial charge in [-0.2, -0.15) is 0 Å². The summed E-state index contributed by atoms with van der Waals surface area (Å²) in [6.07, 6.45) is 4.69. The van der Waals surface area contributed by atoms with E-state index in [-0.39, 0.29) is 47.6 Å². The second-order valence-electron chi connectivity index (χ2n) is 14.6. The number of fused-ring (bicyclic) bond motifs is 11. The third-order valence-corrected chi connectivity index (χ3v) is 13.9. The first-order valence-corrected chi connectivity index (χ1v) is 16.2. The molecule has 0 saturated heterocycles. The molecule has 0 spiro atoms. The van der Waals surface area contributed by atoms with Crippen molar-refractivity contribution in [2.24, 2.45) is 24.9 Å². The third kappa shape index (κ3) is 3.76. The fraction of sp³-hybridized carbons (Fsp3) is 0.600. The summed E-state index contributed by atoms with van der Waals surface area (Å²) in [5.74, 6) is 0.846. The monoisotopic (exact) mass is 624 g/mol. The van der Waals surface area contributed by atoms with E-state index in [0.29, 0.717) is 18.4 Å². The highest BCUT2D eigenvalue weighted by Crippen LogP contribution is 2.67. The molecule has 0 amide bonds. The Balaban J connectivity index is 0.000000186. The number of H-pyrrole nitrogens is 1. The summed E-state index contributed by atoms with van der Waals surface area (Å²) < 4.78 is 7.23. The van der Waals surface area contributed by atoms with Crippen LogP contribution in [0.1, 0.15) is 122 Å². The zero-order valence-electron chi connectivity index (χ0n) is 25.4. The zero-order chi connectivity index (χ0) is 29.4. The number of aryl methyl sites for hydroxylation is 1. The second kappa shape index (κ2) is 9.74. The quantitative estimate of drug-likeness (QED) is 0.243. The van der Waals surface area contributed by atoms with Crippen molar-refractivity contribution in [2.45, 2.75) is 111 Å². The van der Waals surface area contributed by atoms with Crippen LogP contribution in [0.5, 0.6) is 0 Å². The van der Waals surface area contributed by atoms with Crippen LogP contribution in [0.15, 0.2) is 33.2 Å². The number of aromatic amines is 1. The van der Waals surface area contributed by atoms with E-state index in [2.05, 4.69) is 69.8 Å². The minimum Gasteiger partial charge on any atom is -0.291 e. The largest absolute Gasteiger partial charge is 0.291 e. The number of aromatic nitrogens is 4. The molecule has 3 heterocycles. The van der Waals surface area contributed by atoms with Gasteiger partial charge in [0.1, 0.15) is 0 Å². The summed E-state index contributed by atoms with van der Waals surface area (Å²) in [5, 5.41) is 6.96. The molecule has 1 aromatic carbocycles. The van der Waals surface area contributed by atoms with Crippen molar-refractivity contribution in [3.8, 4) is 0 Å². The van der Waals surface area contributed by atoms with Crippen molar-refractivity contribution in [1.29, 1.82) is 0 Å². The second-order valence-corrected chi connectivity index (χ2v) is 16.0. The molecule has 1 N–H and O–H groups in total. The molecule has 4 aliphatic carbocycles. The molecule has 6 nitrogen and oxygen atoms in total. The van der Waals surface area contributed by atoms with Crippen LogP contribution in [-0.4, -0.2) is 19.1 Å². The minimum atomic E-state index is 0. The standard InChI is InChI=1S/C21H23ClN2OS.C12H18N2O.2CH4/c1-20(2)15-7-8-21(20,3)18-17(15)19(25)24(23(18)4)10-12-11-26-16-6-5-13(22)9-14(12)16;1-11(2)7-5-6-12(11,3)9-8(7)10(15)13-14(9)4;;/h5-6,9,11,15H,7-8,10H2,1-4H3;7H,5-6H2,1-4H3,(H,13,15);2*1H4/t15-,21+;7-,12+;;/m11../s1. The molecule has 0 aliphatic heterocycles. The van der Waals surface area contributed by atoms with Crippen molar-refractivity contribution < 1.29 is 0 Å². The highest BCUT2D eigenvalue weighted by atomic mass is 35.5. The lowest BCUT2D eigenvalue weighted by Gasteiger charge is -2.36. The van der Waals surface area contributed by atoms with Crippen LogP contribution in [0.3, 0.4) is 0 Å². The molecule has 8 heteroatoms. The number of nitrogens with one attached hydrogen (secondary N) is 1. The number of thiophene rings is 1. The van der Waals surface area contributed by atoms with E-state index in [9.17, 15) is 9.59 Å². The Morgan fingerprint density at radius 2 is 1.49 bits per heavy atom. The average Bonchev–Trinajstić information content (AvgIpc) is 3.68. The summed E-state index contributed by atoms with van der Waals surface area (Å²) >= 11 is 7.91. The number of hydrogen-bond donors (Lipinski definition) is 1. The van der Waals surface area contributed by atoms with Gasteiger partial charge in [0.25, 0.3) is 11.1 Å². The molecule has 4 aliphatic rings. The Bertz CT molecular complexity index is 1870. The van der Waals surface area contributed by atoms with E-state index in [1.807, 2.05) is 28.5 Å². The smallest absolute Gasteiger partial charge is 0.270 e. The molecule has 4 atom stereocenters. The summed E-state index contributed by atoms with van der Waals surface area (Å²) in [7, 11) is 4.02. The van der Waals surface area contributed by atoms with Gasteiger partial charge in [0.05, 0.1) is 12.2 Å². The van der Waals surface area contributed by atoms with E-state index >= 15 is 0 Å². The maximum atomic E-state index is 13.4. The average molecular weight is 625 g/mol. The van der Waals surface area contributed by atoms with Crippen LogP contribution in [0.4, 0.5) is 0 Å². The van der Waals surface area contributed by atoms with Gasteiger partial charge in [-0.05, 0) is 82.9 Å². The van der Waals surface area contributed by atoms with Crippen LogP contribution in [0.25, 0.3) is 10.1 Å². The maximum absolute atomic E-state index is 13.4. The molecule has 43 heavy (non-hydrogen) atoms. The molecule has 2 saturated carbocycles. The first-order chi connectivity index (χ1) is 19.1. The molecule has 2 fully saturated rings. The lowest BCUT2D eigenvalue weighted by Crippen LogP contribution is -2.35. The number of rotatable bonds is 2. The fourth-order valence-electron chi connectivity index (χ4n) is 9.56. The van der Waals surface area contributed by atoms with Gasteiger partial charge in [-0.3, -0.25) is 24.1 Å². The number of benzene rings is 1. The molecule has 3 aromatic heterocycles. The lowest BCUT2D eigenvalue weighted by atomic mass is 9.70. The predicted molar refractivity (Wildman–Crippen MR) is 181 cm³/mol. The van der Waals surface area contributed by atoms with Crippen molar-refractivity contribution in [3.63, 3.8) is 0 Å². The summed E-state index contributed by atoms with van der Waals surface area (Å²) in [5.41, 5.74) is 6.84. The Hall–Kier alpha value is -2.51. The van der Waals surface area contributed by atoms with Crippen LogP contribution in [-0.2, 0) is 31.5 Å². The van der Waals surface area contributed by atoms with Crippen molar-refractivity contribution >= 4 is 33.0 Å². The van der Waals surface area contributed by atoms with E-state index < -0.39 is 0 Å². The minimum absolute atomic E-state index is 0. The summed E-state index contributed by atoms with van der Waals surface area (Å²) in [4.78, 5) is 25.2. The normalized spacial score (nSPS) is 28.2. The van der Waals surface area contributed by atoms with Crippen molar-refractivity contribution in [3.05, 3.63) is 77.4 Å². The SMILES string of the molecule is C.C.Cn1[nH]c(=O)c2c1[C@]1(C)CC[C@H]2C1(C)C.Cn1c2c(c(=O)n1Cc1csc3ccc(Cl)cc13)[C@H]1CC[C@]2(C)C1(C)C. The van der Waals surface area contributed by atoms with E-state index in [0.717, 1.165) is 28.0 Å². The molecule has 0 unspecified atom stereocenters. The van der Waals surface area contributed by atoms with Gasteiger partial charge in [0.2, 0.25) is 0 Å². The van der Waals surface area contributed by atoms with Gasteiger partial charge in [0, 0.05) is 51.5 Å². The lowest BCUT2D eigenvalue weighted by molar-refractivity contribution is 0.215. The Morgan fingerprint density at radius 1 is 0.907 bits per heavy atom. The first-order valence-electron chi connectivity index (χ1n) is 14.9. The third-order valence-electron chi connectivity index (χ3n) is 12.6. The first kappa shape index (κ1) is 31.9. The Labute approximate surface area is 265 Å². The van der Waals surface area contributed by atoms with Crippen LogP contribution in [0, 0.1) is 10.8 Å². The molecular weight excluding hydrogens is 576 g/mol. The number of nitrogens with zero attached hydrogens (tertiary/aromatic N) is 3. The predicted octanol–water partition coefficient (Wildman–Crippen LogP) is 8.44. The van der Waals surface area contributed by atoms with Gasteiger partial charge in [-0.15, -0.1) is 11.3 Å². The van der Waals surface area contributed by atoms with Crippen molar-refractivity contribution in [2.75, 3.05) is 0 Å². The van der Waals surface area contributed by atoms with E-state index in [1.54, 1.807) is 11.3 Å². The highest BCUT2D eigenvalue weighted by molar-refractivity contribution is 7.17. The number of halogens is 1. The molecule has 8 rings (SSSR count). The van der Waals surface area contributed by atoms with Crippen LogP contribution >= 0.6 is 22.9 Å². The van der Waals surface area contributed by atoms with Crippen molar-refractivity contribution in [1.82, 2.24) is 19.1 Å².